The normalized spacial score (nSPS) is 11.9. The Morgan fingerprint density at radius 2 is 2.14 bits per heavy atom. The maximum atomic E-state index is 11.3. The molecule has 0 aliphatic rings. The molecule has 3 nitrogen and oxygen atoms in total. The lowest BCUT2D eigenvalue weighted by Gasteiger charge is -2.11. The van der Waals surface area contributed by atoms with Crippen LogP contribution in [0.25, 0.3) is 0 Å². The number of ketones is 1. The van der Waals surface area contributed by atoms with E-state index in [1.165, 1.54) is 6.92 Å². The van der Waals surface area contributed by atoms with Crippen LogP contribution in [0, 0.1) is 5.92 Å². The minimum Gasteiger partial charge on any atom is -0.465 e. The van der Waals surface area contributed by atoms with Gasteiger partial charge in [0, 0.05) is 0 Å². The third kappa shape index (κ3) is 4.80. The number of rotatable bonds is 7. The van der Waals surface area contributed by atoms with Crippen LogP contribution in [0.3, 0.4) is 0 Å². The highest BCUT2D eigenvalue weighted by molar-refractivity contribution is 5.97. The number of unbranched alkanes of at least 4 members (excludes halogenated alkanes) is 1. The first-order valence-electron chi connectivity index (χ1n) is 4.91. The van der Waals surface area contributed by atoms with Crippen LogP contribution in [0.5, 0.6) is 0 Å². The van der Waals surface area contributed by atoms with E-state index in [1.807, 2.05) is 0 Å². The van der Waals surface area contributed by atoms with Gasteiger partial charge >= 0.3 is 5.97 Å². The topological polar surface area (TPSA) is 43.4 Å². The predicted octanol–water partition coefficient (Wildman–Crippen LogP) is 2.11. The first kappa shape index (κ1) is 12.9. The van der Waals surface area contributed by atoms with Crippen LogP contribution in [0.2, 0.25) is 0 Å². The fourth-order valence-corrected chi connectivity index (χ4v) is 1.20. The minimum atomic E-state index is -0.588. The fraction of sp³-hybridized carbons (Fsp3) is 0.636. The Morgan fingerprint density at radius 3 is 2.57 bits per heavy atom. The number of carbonyl (C=O) groups excluding carboxylic acids is 2. The van der Waals surface area contributed by atoms with E-state index < -0.39 is 11.9 Å². The Labute approximate surface area is 85.1 Å². The van der Waals surface area contributed by atoms with Crippen molar-refractivity contribution in [3.63, 3.8) is 0 Å². The molecule has 0 saturated carbocycles. The van der Waals surface area contributed by atoms with Gasteiger partial charge in [-0.3, -0.25) is 9.59 Å². The van der Waals surface area contributed by atoms with E-state index in [0.717, 1.165) is 12.8 Å². The van der Waals surface area contributed by atoms with Gasteiger partial charge in [-0.1, -0.05) is 6.08 Å². The molecule has 0 saturated heterocycles. The molecule has 0 aromatic rings. The molecule has 1 atom stereocenters. The maximum Gasteiger partial charge on any atom is 0.316 e. The highest BCUT2D eigenvalue weighted by Crippen LogP contribution is 2.12. The first-order valence-corrected chi connectivity index (χ1v) is 4.91. The summed E-state index contributed by atoms with van der Waals surface area (Å²) < 4.78 is 4.81. The van der Waals surface area contributed by atoms with E-state index in [2.05, 4.69) is 6.58 Å². The number of hydrogen-bond donors (Lipinski definition) is 0. The zero-order valence-corrected chi connectivity index (χ0v) is 8.91. The van der Waals surface area contributed by atoms with E-state index in [0.29, 0.717) is 13.0 Å². The summed E-state index contributed by atoms with van der Waals surface area (Å²) >= 11 is 0. The molecule has 80 valence electrons. The molecule has 0 aliphatic heterocycles. The summed E-state index contributed by atoms with van der Waals surface area (Å²) in [6.07, 6.45) is 3.96. The summed E-state index contributed by atoms with van der Waals surface area (Å²) in [5, 5.41) is 0. The highest BCUT2D eigenvalue weighted by Gasteiger charge is 2.23. The second-order valence-corrected chi connectivity index (χ2v) is 3.13. The zero-order valence-electron chi connectivity index (χ0n) is 8.91. The molecule has 0 spiro atoms. The van der Waals surface area contributed by atoms with Crippen LogP contribution in [-0.4, -0.2) is 18.4 Å². The van der Waals surface area contributed by atoms with E-state index in [9.17, 15) is 9.59 Å². The van der Waals surface area contributed by atoms with Crippen molar-refractivity contribution in [3.8, 4) is 0 Å². The number of ether oxygens (including phenoxy) is 1. The average Bonchev–Trinajstić information content (AvgIpc) is 2.12. The molecule has 14 heavy (non-hydrogen) atoms. The van der Waals surface area contributed by atoms with Gasteiger partial charge < -0.3 is 4.74 Å². The Kier molecular flexibility index (Phi) is 6.72. The van der Waals surface area contributed by atoms with Crippen molar-refractivity contribution >= 4 is 11.8 Å². The van der Waals surface area contributed by atoms with Crippen LogP contribution >= 0.6 is 0 Å². The molecule has 3 heteroatoms. The van der Waals surface area contributed by atoms with Crippen LogP contribution < -0.4 is 0 Å². The van der Waals surface area contributed by atoms with Crippen molar-refractivity contribution in [2.75, 3.05) is 6.61 Å². The second kappa shape index (κ2) is 7.30. The first-order chi connectivity index (χ1) is 6.63. The lowest BCUT2D eigenvalue weighted by Crippen LogP contribution is -2.24. The third-order valence-electron chi connectivity index (χ3n) is 1.96. The molecule has 0 radical (unpaired) electrons. The maximum absolute atomic E-state index is 11.3. The summed E-state index contributed by atoms with van der Waals surface area (Å²) in [5.74, 6) is -1.11. The van der Waals surface area contributed by atoms with E-state index in [-0.39, 0.29) is 5.78 Å². The number of Topliss-reactive ketones (excluding diaryl/α,β-unsaturated/α-hetero) is 1. The molecule has 0 aromatic heterocycles. The molecule has 0 amide bonds. The highest BCUT2D eigenvalue weighted by atomic mass is 16.5. The van der Waals surface area contributed by atoms with Crippen LogP contribution in [-0.2, 0) is 14.3 Å². The molecule has 0 N–H and O–H groups in total. The van der Waals surface area contributed by atoms with Gasteiger partial charge in [0.15, 0.2) is 0 Å². The monoisotopic (exact) mass is 198 g/mol. The molecular formula is C11H18O3. The van der Waals surface area contributed by atoms with Gasteiger partial charge in [-0.2, -0.15) is 0 Å². The quantitative estimate of drug-likeness (QED) is 0.272. The SMILES string of the molecule is C=CCCCC(C(C)=O)C(=O)OCC. The summed E-state index contributed by atoms with van der Waals surface area (Å²) in [6, 6.07) is 0. The van der Waals surface area contributed by atoms with Crippen molar-refractivity contribution in [1.29, 1.82) is 0 Å². The lowest BCUT2D eigenvalue weighted by atomic mass is 9.98. The van der Waals surface area contributed by atoms with Gasteiger partial charge in [0.2, 0.25) is 0 Å². The average molecular weight is 198 g/mol. The minimum absolute atomic E-state index is 0.118. The van der Waals surface area contributed by atoms with E-state index in [4.69, 9.17) is 4.74 Å². The van der Waals surface area contributed by atoms with Gasteiger partial charge in [-0.15, -0.1) is 6.58 Å². The van der Waals surface area contributed by atoms with E-state index in [1.54, 1.807) is 13.0 Å². The molecule has 0 rings (SSSR count). The molecule has 0 aromatic carbocycles. The van der Waals surface area contributed by atoms with Gasteiger partial charge in [-0.05, 0) is 33.1 Å². The molecule has 1 unspecified atom stereocenters. The lowest BCUT2D eigenvalue weighted by molar-refractivity contribution is -0.151. The Morgan fingerprint density at radius 1 is 1.50 bits per heavy atom. The van der Waals surface area contributed by atoms with Gasteiger partial charge in [-0.25, -0.2) is 0 Å². The van der Waals surface area contributed by atoms with Gasteiger partial charge in [0.1, 0.15) is 11.7 Å². The largest absolute Gasteiger partial charge is 0.465 e. The summed E-state index contributed by atoms with van der Waals surface area (Å²) in [7, 11) is 0. The number of carbonyl (C=O) groups is 2. The van der Waals surface area contributed by atoms with E-state index >= 15 is 0 Å². The molecule has 0 heterocycles. The molecule has 0 bridgehead atoms. The van der Waals surface area contributed by atoms with Gasteiger partial charge in [0.25, 0.3) is 0 Å². The van der Waals surface area contributed by atoms with Gasteiger partial charge in [0.05, 0.1) is 6.61 Å². The third-order valence-corrected chi connectivity index (χ3v) is 1.96. The summed E-state index contributed by atoms with van der Waals surface area (Å²) in [6.45, 7) is 7.07. The van der Waals surface area contributed by atoms with Crippen molar-refractivity contribution in [2.45, 2.75) is 33.1 Å². The zero-order chi connectivity index (χ0) is 11.0. The molecule has 0 aliphatic carbocycles. The Bertz CT molecular complexity index is 209. The fourth-order valence-electron chi connectivity index (χ4n) is 1.20. The number of esters is 1. The van der Waals surface area contributed by atoms with Crippen molar-refractivity contribution < 1.29 is 14.3 Å². The number of allylic oxidation sites excluding steroid dienone is 1. The number of hydrogen-bond acceptors (Lipinski definition) is 3. The smallest absolute Gasteiger partial charge is 0.316 e. The Balaban J connectivity index is 4.07. The molecule has 0 fully saturated rings. The van der Waals surface area contributed by atoms with Crippen LogP contribution in [0.15, 0.2) is 12.7 Å². The van der Waals surface area contributed by atoms with Crippen LogP contribution in [0.1, 0.15) is 33.1 Å². The van der Waals surface area contributed by atoms with Crippen LogP contribution in [0.4, 0.5) is 0 Å². The summed E-state index contributed by atoms with van der Waals surface area (Å²) in [5.41, 5.74) is 0. The van der Waals surface area contributed by atoms with Crippen molar-refractivity contribution in [2.24, 2.45) is 5.92 Å². The van der Waals surface area contributed by atoms with Crippen molar-refractivity contribution in [1.82, 2.24) is 0 Å². The standard InChI is InChI=1S/C11H18O3/c1-4-6-7-8-10(9(3)12)11(13)14-5-2/h4,10H,1,5-8H2,2-3H3. The predicted molar refractivity (Wildman–Crippen MR) is 54.9 cm³/mol. The Hall–Kier alpha value is -1.12. The van der Waals surface area contributed by atoms with Crippen molar-refractivity contribution in [3.05, 3.63) is 12.7 Å². The summed E-state index contributed by atoms with van der Waals surface area (Å²) in [4.78, 5) is 22.4. The second-order valence-electron chi connectivity index (χ2n) is 3.13. The molecular weight excluding hydrogens is 180 g/mol.